The third-order valence-electron chi connectivity index (χ3n) is 5.12. The fraction of sp³-hybridized carbons (Fsp3) is 1.00. The number of hydrogen-bond donors (Lipinski definition) is 1. The molecule has 3 rings (SSSR count). The maximum absolute atomic E-state index is 6.11. The molecule has 3 fully saturated rings. The normalized spacial score (nSPS) is 43.6. The van der Waals surface area contributed by atoms with Crippen molar-refractivity contribution < 1.29 is 4.74 Å². The lowest BCUT2D eigenvalue weighted by molar-refractivity contribution is -0.0567. The lowest BCUT2D eigenvalue weighted by Crippen LogP contribution is -2.56. The van der Waals surface area contributed by atoms with Crippen molar-refractivity contribution in [1.82, 2.24) is 10.2 Å². The third-order valence-corrected chi connectivity index (χ3v) is 5.12. The molecule has 0 aromatic carbocycles. The zero-order valence-electron chi connectivity index (χ0n) is 11.1. The number of likely N-dealkylation sites (tertiary alicyclic amines) is 1. The van der Waals surface area contributed by atoms with E-state index >= 15 is 0 Å². The van der Waals surface area contributed by atoms with Crippen LogP contribution in [0.4, 0.5) is 0 Å². The Balaban J connectivity index is 1.72. The maximum Gasteiger partial charge on any atom is 0.0699 e. The van der Waals surface area contributed by atoms with E-state index in [1.165, 1.54) is 58.0 Å². The molecule has 1 N–H and O–H groups in total. The van der Waals surface area contributed by atoms with Gasteiger partial charge in [0.15, 0.2) is 0 Å². The summed E-state index contributed by atoms with van der Waals surface area (Å²) in [5, 5.41) is 3.54. The highest BCUT2D eigenvalue weighted by molar-refractivity contribution is 5.00. The first kappa shape index (κ1) is 11.9. The Hall–Kier alpha value is -0.120. The van der Waals surface area contributed by atoms with E-state index in [-0.39, 0.29) is 5.60 Å². The summed E-state index contributed by atoms with van der Waals surface area (Å²) in [6, 6.07) is 1.40. The van der Waals surface area contributed by atoms with Gasteiger partial charge in [-0.3, -0.25) is 4.90 Å². The molecular weight excluding hydrogens is 212 g/mol. The van der Waals surface area contributed by atoms with Crippen LogP contribution in [0.15, 0.2) is 0 Å². The van der Waals surface area contributed by atoms with Crippen LogP contribution in [0.3, 0.4) is 0 Å². The number of rotatable bonds is 2. The first-order valence-corrected chi connectivity index (χ1v) is 7.38. The second-order valence-corrected chi connectivity index (χ2v) is 6.08. The molecule has 0 amide bonds. The van der Waals surface area contributed by atoms with Gasteiger partial charge in [0.1, 0.15) is 0 Å². The molecule has 0 aromatic rings. The van der Waals surface area contributed by atoms with Gasteiger partial charge in [0.2, 0.25) is 0 Å². The number of nitrogens with zero attached hydrogens (tertiary/aromatic N) is 1. The van der Waals surface area contributed by atoms with Gasteiger partial charge < -0.3 is 10.1 Å². The van der Waals surface area contributed by atoms with E-state index in [0.717, 1.165) is 6.61 Å². The average molecular weight is 238 g/mol. The molecule has 2 aliphatic heterocycles. The first-order valence-electron chi connectivity index (χ1n) is 7.38. The maximum atomic E-state index is 6.11. The van der Waals surface area contributed by atoms with E-state index in [0.29, 0.717) is 12.1 Å². The van der Waals surface area contributed by atoms with Gasteiger partial charge in [0.05, 0.1) is 5.60 Å². The second kappa shape index (κ2) is 4.87. The van der Waals surface area contributed by atoms with Gasteiger partial charge in [-0.2, -0.15) is 0 Å². The Morgan fingerprint density at radius 3 is 2.65 bits per heavy atom. The quantitative estimate of drug-likeness (QED) is 0.793. The SMILES string of the molecule is CN[C@H]1CC[C@@]2(CCCO2)C[C@@H]1N1CCCC1. The van der Waals surface area contributed by atoms with E-state index < -0.39 is 0 Å². The molecule has 0 aromatic heterocycles. The molecule has 0 radical (unpaired) electrons. The standard InChI is InChI=1S/C14H26N2O/c1-15-12-5-7-14(6-4-10-17-14)11-13(12)16-8-2-3-9-16/h12-13,15H,2-11H2,1H3/t12-,13-,14-/m0/s1. The van der Waals surface area contributed by atoms with Crippen LogP contribution in [-0.4, -0.2) is 49.3 Å². The Kier molecular flexibility index (Phi) is 3.42. The van der Waals surface area contributed by atoms with Crippen LogP contribution in [-0.2, 0) is 4.74 Å². The van der Waals surface area contributed by atoms with Gasteiger partial charge >= 0.3 is 0 Å². The third kappa shape index (κ3) is 2.25. The van der Waals surface area contributed by atoms with Gasteiger partial charge in [-0.15, -0.1) is 0 Å². The summed E-state index contributed by atoms with van der Waals surface area (Å²) in [4.78, 5) is 2.71. The number of hydrogen-bond acceptors (Lipinski definition) is 3. The van der Waals surface area contributed by atoms with Gasteiger partial charge in [-0.1, -0.05) is 0 Å². The Bertz CT molecular complexity index is 255. The van der Waals surface area contributed by atoms with Crippen molar-refractivity contribution in [3.63, 3.8) is 0 Å². The molecule has 3 nitrogen and oxygen atoms in total. The zero-order chi connectivity index (χ0) is 11.7. The van der Waals surface area contributed by atoms with Crippen molar-refractivity contribution in [1.29, 1.82) is 0 Å². The molecule has 1 saturated carbocycles. The number of ether oxygens (including phenoxy) is 1. The summed E-state index contributed by atoms with van der Waals surface area (Å²) >= 11 is 0. The van der Waals surface area contributed by atoms with Crippen LogP contribution in [0.5, 0.6) is 0 Å². The molecule has 1 aliphatic carbocycles. The highest BCUT2D eigenvalue weighted by Crippen LogP contribution is 2.41. The molecule has 3 heteroatoms. The van der Waals surface area contributed by atoms with Crippen molar-refractivity contribution in [2.24, 2.45) is 0 Å². The Labute approximate surface area is 105 Å². The van der Waals surface area contributed by atoms with Gasteiger partial charge in [0.25, 0.3) is 0 Å². The van der Waals surface area contributed by atoms with Crippen molar-refractivity contribution in [3.05, 3.63) is 0 Å². The predicted octanol–water partition coefficient (Wildman–Crippen LogP) is 1.77. The van der Waals surface area contributed by atoms with Crippen LogP contribution in [0, 0.1) is 0 Å². The van der Waals surface area contributed by atoms with Crippen LogP contribution in [0.2, 0.25) is 0 Å². The van der Waals surface area contributed by atoms with Crippen molar-refractivity contribution in [2.45, 2.75) is 62.6 Å². The van der Waals surface area contributed by atoms with Crippen LogP contribution >= 0.6 is 0 Å². The molecule has 17 heavy (non-hydrogen) atoms. The highest BCUT2D eigenvalue weighted by Gasteiger charge is 2.45. The molecule has 1 spiro atoms. The van der Waals surface area contributed by atoms with Gasteiger partial charge in [0, 0.05) is 18.7 Å². The molecule has 98 valence electrons. The van der Waals surface area contributed by atoms with Crippen molar-refractivity contribution in [3.8, 4) is 0 Å². The summed E-state index contributed by atoms with van der Waals surface area (Å²) in [5.41, 5.74) is 0.251. The lowest BCUT2D eigenvalue weighted by Gasteiger charge is -2.45. The van der Waals surface area contributed by atoms with Crippen LogP contribution < -0.4 is 5.32 Å². The van der Waals surface area contributed by atoms with E-state index in [2.05, 4.69) is 17.3 Å². The molecule has 3 atom stereocenters. The summed E-state index contributed by atoms with van der Waals surface area (Å²) in [6.07, 6.45) is 9.17. The summed E-state index contributed by atoms with van der Waals surface area (Å²) in [6.45, 7) is 3.61. The van der Waals surface area contributed by atoms with Gasteiger partial charge in [-0.25, -0.2) is 0 Å². The largest absolute Gasteiger partial charge is 0.375 e. The van der Waals surface area contributed by atoms with E-state index in [9.17, 15) is 0 Å². The number of nitrogens with one attached hydrogen (secondary N) is 1. The average Bonchev–Trinajstić information content (AvgIpc) is 3.00. The zero-order valence-corrected chi connectivity index (χ0v) is 11.1. The highest BCUT2D eigenvalue weighted by atomic mass is 16.5. The second-order valence-electron chi connectivity index (χ2n) is 6.08. The lowest BCUT2D eigenvalue weighted by atomic mass is 9.77. The summed E-state index contributed by atoms with van der Waals surface area (Å²) in [7, 11) is 2.13. The monoisotopic (exact) mass is 238 g/mol. The first-order chi connectivity index (χ1) is 8.33. The summed E-state index contributed by atoms with van der Waals surface area (Å²) in [5.74, 6) is 0. The van der Waals surface area contributed by atoms with Crippen molar-refractivity contribution in [2.75, 3.05) is 26.7 Å². The van der Waals surface area contributed by atoms with E-state index in [1.54, 1.807) is 0 Å². The molecule has 2 saturated heterocycles. The molecule has 2 heterocycles. The molecule has 0 bridgehead atoms. The van der Waals surface area contributed by atoms with E-state index in [4.69, 9.17) is 4.74 Å². The summed E-state index contributed by atoms with van der Waals surface area (Å²) < 4.78 is 6.11. The molecule has 0 unspecified atom stereocenters. The minimum absolute atomic E-state index is 0.251. The van der Waals surface area contributed by atoms with Crippen molar-refractivity contribution >= 4 is 0 Å². The minimum atomic E-state index is 0.251. The fourth-order valence-electron chi connectivity index (χ4n) is 4.14. The minimum Gasteiger partial charge on any atom is -0.375 e. The number of likely N-dealkylation sites (N-methyl/N-ethyl adjacent to an activating group) is 1. The molecular formula is C14H26N2O. The van der Waals surface area contributed by atoms with Crippen LogP contribution in [0.1, 0.15) is 44.9 Å². The predicted molar refractivity (Wildman–Crippen MR) is 69.2 cm³/mol. The van der Waals surface area contributed by atoms with Gasteiger partial charge in [-0.05, 0) is 65.1 Å². The fourth-order valence-corrected chi connectivity index (χ4v) is 4.14. The molecule has 3 aliphatic rings. The Morgan fingerprint density at radius 1 is 1.18 bits per heavy atom. The smallest absolute Gasteiger partial charge is 0.0699 e. The topological polar surface area (TPSA) is 24.5 Å². The Morgan fingerprint density at radius 2 is 2.00 bits per heavy atom. The van der Waals surface area contributed by atoms with E-state index in [1.807, 2.05) is 0 Å². The van der Waals surface area contributed by atoms with Crippen LogP contribution in [0.25, 0.3) is 0 Å².